The second-order valence-electron chi connectivity index (χ2n) is 8.54. The Morgan fingerprint density at radius 2 is 1.59 bits per heavy atom. The number of piperazine rings is 1. The van der Waals surface area contributed by atoms with E-state index in [1.54, 1.807) is 29.2 Å². The van der Waals surface area contributed by atoms with Crippen molar-refractivity contribution in [3.63, 3.8) is 0 Å². The van der Waals surface area contributed by atoms with Crippen molar-refractivity contribution in [1.29, 1.82) is 0 Å². The highest BCUT2D eigenvalue weighted by Gasteiger charge is 2.27. The summed E-state index contributed by atoms with van der Waals surface area (Å²) in [6, 6.07) is 20.5. The van der Waals surface area contributed by atoms with Gasteiger partial charge in [0.1, 0.15) is 6.54 Å². The average molecular weight is 478 g/mol. The number of halogens is 1. The summed E-state index contributed by atoms with van der Waals surface area (Å²) in [6.45, 7) is 6.35. The molecule has 1 aliphatic heterocycles. The summed E-state index contributed by atoms with van der Waals surface area (Å²) in [5.41, 5.74) is 2.38. The lowest BCUT2D eigenvalue weighted by atomic mass is 10.1. The fourth-order valence-corrected chi connectivity index (χ4v) is 4.06. The summed E-state index contributed by atoms with van der Waals surface area (Å²) in [6.07, 6.45) is 0. The van der Waals surface area contributed by atoms with Gasteiger partial charge in [0.15, 0.2) is 5.82 Å². The maximum Gasteiger partial charge on any atom is 0.254 e. The first-order valence-corrected chi connectivity index (χ1v) is 11.8. The Kier molecular flexibility index (Phi) is 7.43. The normalized spacial score (nSPS) is 13.8. The minimum Gasteiger partial charge on any atom is -0.352 e. The van der Waals surface area contributed by atoms with E-state index < -0.39 is 0 Å². The van der Waals surface area contributed by atoms with Gasteiger partial charge in [-0.1, -0.05) is 41.9 Å². The molecule has 0 spiro atoms. The van der Waals surface area contributed by atoms with Crippen molar-refractivity contribution in [3.8, 4) is 11.3 Å². The van der Waals surface area contributed by atoms with Crippen LogP contribution in [0.15, 0.2) is 66.7 Å². The van der Waals surface area contributed by atoms with Gasteiger partial charge in [-0.05, 0) is 50.2 Å². The Balaban J connectivity index is 1.34. The lowest BCUT2D eigenvalue weighted by Gasteiger charge is -2.36. The van der Waals surface area contributed by atoms with Gasteiger partial charge >= 0.3 is 0 Å². The van der Waals surface area contributed by atoms with E-state index in [1.807, 2.05) is 61.2 Å². The molecule has 2 heterocycles. The van der Waals surface area contributed by atoms with Gasteiger partial charge in [0.2, 0.25) is 5.91 Å². The highest BCUT2D eigenvalue weighted by molar-refractivity contribution is 6.30. The topological polar surface area (TPSA) is 69.6 Å². The molecule has 8 heteroatoms. The van der Waals surface area contributed by atoms with Crippen molar-refractivity contribution in [3.05, 3.63) is 77.3 Å². The van der Waals surface area contributed by atoms with Crippen molar-refractivity contribution < 1.29 is 9.59 Å². The highest BCUT2D eigenvalue weighted by Crippen LogP contribution is 2.19. The van der Waals surface area contributed by atoms with E-state index in [4.69, 9.17) is 11.6 Å². The Morgan fingerprint density at radius 3 is 2.18 bits per heavy atom. The number of rotatable bonds is 6. The predicted molar refractivity (Wildman–Crippen MR) is 134 cm³/mol. The van der Waals surface area contributed by atoms with Gasteiger partial charge in [-0.2, -0.15) is 0 Å². The molecule has 1 aliphatic rings. The van der Waals surface area contributed by atoms with Gasteiger partial charge in [0.25, 0.3) is 5.91 Å². The molecule has 0 N–H and O–H groups in total. The van der Waals surface area contributed by atoms with Crippen molar-refractivity contribution in [2.75, 3.05) is 37.6 Å². The molecular formula is C26H28ClN5O2. The molecule has 3 aromatic rings. The van der Waals surface area contributed by atoms with Crippen LogP contribution in [0.5, 0.6) is 0 Å². The van der Waals surface area contributed by atoms with E-state index in [9.17, 15) is 9.59 Å². The van der Waals surface area contributed by atoms with E-state index in [2.05, 4.69) is 15.1 Å². The van der Waals surface area contributed by atoms with Gasteiger partial charge in [0, 0.05) is 48.4 Å². The van der Waals surface area contributed by atoms with E-state index in [1.165, 1.54) is 0 Å². The Labute approximate surface area is 205 Å². The first-order chi connectivity index (χ1) is 16.4. The first kappa shape index (κ1) is 23.7. The third-order valence-corrected chi connectivity index (χ3v) is 6.21. The summed E-state index contributed by atoms with van der Waals surface area (Å²) in [5, 5.41) is 9.33. The van der Waals surface area contributed by atoms with E-state index in [0.717, 1.165) is 17.1 Å². The standard InChI is InChI=1S/C26H28ClN5O2/c1-19(2)32(26(34)21-8-10-22(27)11-9-21)18-25(33)31-16-14-30(15-17-31)24-13-12-23(28-29-24)20-6-4-3-5-7-20/h3-13,19H,14-18H2,1-2H3. The van der Waals surface area contributed by atoms with Crippen molar-refractivity contribution in [1.82, 2.24) is 20.0 Å². The molecule has 2 amide bonds. The second-order valence-corrected chi connectivity index (χ2v) is 8.98. The molecule has 0 aliphatic carbocycles. The van der Waals surface area contributed by atoms with Crippen LogP contribution in [0.4, 0.5) is 5.82 Å². The third-order valence-electron chi connectivity index (χ3n) is 5.96. The van der Waals surface area contributed by atoms with Gasteiger partial charge < -0.3 is 14.7 Å². The molecule has 0 atom stereocenters. The zero-order valence-electron chi connectivity index (χ0n) is 19.4. The first-order valence-electron chi connectivity index (χ1n) is 11.4. The second kappa shape index (κ2) is 10.7. The predicted octanol–water partition coefficient (Wildman–Crippen LogP) is 4.00. The number of anilines is 1. The maximum absolute atomic E-state index is 13.0. The fraction of sp³-hybridized carbons (Fsp3) is 0.308. The minimum absolute atomic E-state index is 0.0463. The number of hydrogen-bond acceptors (Lipinski definition) is 5. The lowest BCUT2D eigenvalue weighted by Crippen LogP contribution is -2.53. The molecule has 7 nitrogen and oxygen atoms in total. The quantitative estimate of drug-likeness (QED) is 0.536. The van der Waals surface area contributed by atoms with Crippen LogP contribution in [0.25, 0.3) is 11.3 Å². The molecule has 0 bridgehead atoms. The summed E-state index contributed by atoms with van der Waals surface area (Å²) in [5.74, 6) is 0.571. The molecular weight excluding hydrogens is 450 g/mol. The summed E-state index contributed by atoms with van der Waals surface area (Å²) < 4.78 is 0. The van der Waals surface area contributed by atoms with E-state index >= 15 is 0 Å². The molecule has 1 fully saturated rings. The monoisotopic (exact) mass is 477 g/mol. The average Bonchev–Trinajstić information content (AvgIpc) is 2.88. The smallest absolute Gasteiger partial charge is 0.254 e. The number of benzene rings is 2. The summed E-state index contributed by atoms with van der Waals surface area (Å²) in [4.78, 5) is 31.5. The van der Waals surface area contributed by atoms with Crippen LogP contribution in [-0.4, -0.2) is 70.6 Å². The molecule has 2 aromatic carbocycles. The summed E-state index contributed by atoms with van der Waals surface area (Å²) >= 11 is 5.94. The molecule has 1 saturated heterocycles. The number of hydrogen-bond donors (Lipinski definition) is 0. The Morgan fingerprint density at radius 1 is 0.912 bits per heavy atom. The zero-order chi connectivity index (χ0) is 24.1. The molecule has 176 valence electrons. The van der Waals surface area contributed by atoms with Crippen molar-refractivity contribution >= 4 is 29.2 Å². The van der Waals surface area contributed by atoms with E-state index in [-0.39, 0.29) is 24.4 Å². The fourth-order valence-electron chi connectivity index (χ4n) is 3.93. The van der Waals surface area contributed by atoms with Gasteiger partial charge in [-0.3, -0.25) is 9.59 Å². The lowest BCUT2D eigenvalue weighted by molar-refractivity contribution is -0.132. The molecule has 34 heavy (non-hydrogen) atoms. The number of nitrogens with zero attached hydrogens (tertiary/aromatic N) is 5. The maximum atomic E-state index is 13.0. The minimum atomic E-state index is -0.174. The van der Waals surface area contributed by atoms with Crippen LogP contribution < -0.4 is 4.90 Å². The van der Waals surface area contributed by atoms with Crippen LogP contribution in [0.1, 0.15) is 24.2 Å². The number of carbonyl (C=O) groups excluding carboxylic acids is 2. The van der Waals surface area contributed by atoms with Crippen molar-refractivity contribution in [2.45, 2.75) is 19.9 Å². The highest BCUT2D eigenvalue weighted by atomic mass is 35.5. The number of carbonyl (C=O) groups is 2. The summed E-state index contributed by atoms with van der Waals surface area (Å²) in [7, 11) is 0. The molecule has 4 rings (SSSR count). The Hall–Kier alpha value is -3.45. The van der Waals surface area contributed by atoms with Crippen molar-refractivity contribution in [2.24, 2.45) is 0 Å². The number of amides is 2. The van der Waals surface area contributed by atoms with Gasteiger partial charge in [-0.15, -0.1) is 10.2 Å². The molecule has 0 saturated carbocycles. The van der Waals surface area contributed by atoms with Crippen LogP contribution in [0.3, 0.4) is 0 Å². The van der Waals surface area contributed by atoms with Crippen LogP contribution in [0.2, 0.25) is 5.02 Å². The largest absolute Gasteiger partial charge is 0.352 e. The zero-order valence-corrected chi connectivity index (χ0v) is 20.2. The van der Waals surface area contributed by atoms with Crippen LogP contribution in [-0.2, 0) is 4.79 Å². The molecule has 1 aromatic heterocycles. The number of aromatic nitrogens is 2. The van der Waals surface area contributed by atoms with Crippen LogP contribution >= 0.6 is 11.6 Å². The van der Waals surface area contributed by atoms with Gasteiger partial charge in [-0.25, -0.2) is 0 Å². The van der Waals surface area contributed by atoms with Crippen LogP contribution in [0, 0.1) is 0 Å². The molecule has 0 radical (unpaired) electrons. The third kappa shape index (κ3) is 5.54. The SMILES string of the molecule is CC(C)N(CC(=O)N1CCN(c2ccc(-c3ccccc3)nn2)CC1)C(=O)c1ccc(Cl)cc1. The molecule has 0 unspecified atom stereocenters. The van der Waals surface area contributed by atoms with E-state index in [0.29, 0.717) is 36.8 Å². The van der Waals surface area contributed by atoms with Gasteiger partial charge in [0.05, 0.1) is 5.69 Å². The Bertz CT molecular complexity index is 1110.